The Balaban J connectivity index is 1.77. The molecule has 0 amide bonds. The Labute approximate surface area is 154 Å². The second kappa shape index (κ2) is 8.04. The molecule has 0 bridgehead atoms. The summed E-state index contributed by atoms with van der Waals surface area (Å²) < 4.78 is 10.7. The van der Waals surface area contributed by atoms with Gasteiger partial charge in [-0.05, 0) is 36.2 Å². The van der Waals surface area contributed by atoms with Gasteiger partial charge in [-0.2, -0.15) is 0 Å². The van der Waals surface area contributed by atoms with Crippen molar-refractivity contribution in [3.05, 3.63) is 53.9 Å². The van der Waals surface area contributed by atoms with Crippen molar-refractivity contribution in [1.29, 1.82) is 0 Å². The number of ether oxygens (including phenoxy) is 2. The molecule has 136 valence electrons. The van der Waals surface area contributed by atoms with E-state index in [0.29, 0.717) is 0 Å². The molecular weight excluding hydrogens is 326 g/mol. The van der Waals surface area contributed by atoms with Crippen LogP contribution in [0.4, 0.5) is 5.82 Å². The van der Waals surface area contributed by atoms with Crippen LogP contribution >= 0.6 is 0 Å². The van der Waals surface area contributed by atoms with Gasteiger partial charge in [0.05, 0.1) is 19.7 Å². The topological polar surface area (TPSA) is 56.3 Å². The number of rotatable bonds is 7. The average Bonchev–Trinajstić information content (AvgIpc) is 2.67. The predicted octanol–water partition coefficient (Wildman–Crippen LogP) is 4.43. The lowest BCUT2D eigenvalue weighted by Gasteiger charge is -2.13. The lowest BCUT2D eigenvalue weighted by Crippen LogP contribution is -2.09. The number of para-hydroxylation sites is 1. The molecule has 3 rings (SSSR count). The van der Waals surface area contributed by atoms with Gasteiger partial charge in [-0.15, -0.1) is 0 Å². The van der Waals surface area contributed by atoms with Crippen molar-refractivity contribution in [2.75, 3.05) is 26.1 Å². The molecule has 1 aromatic heterocycles. The summed E-state index contributed by atoms with van der Waals surface area (Å²) in [5.74, 6) is 3.52. The van der Waals surface area contributed by atoms with Crippen molar-refractivity contribution in [3.63, 3.8) is 0 Å². The molecule has 1 heterocycles. The maximum atomic E-state index is 5.38. The summed E-state index contributed by atoms with van der Waals surface area (Å²) in [5.41, 5.74) is 2.15. The second-order valence-electron chi connectivity index (χ2n) is 6.47. The van der Waals surface area contributed by atoms with Crippen LogP contribution in [0.1, 0.15) is 31.2 Å². The molecule has 0 aliphatic rings. The molecule has 5 heteroatoms. The Bertz CT molecular complexity index is 894. The van der Waals surface area contributed by atoms with Crippen molar-refractivity contribution in [2.45, 2.75) is 26.2 Å². The van der Waals surface area contributed by atoms with Crippen molar-refractivity contribution in [2.24, 2.45) is 0 Å². The van der Waals surface area contributed by atoms with Gasteiger partial charge < -0.3 is 14.8 Å². The molecule has 2 aromatic carbocycles. The Morgan fingerprint density at radius 1 is 0.962 bits per heavy atom. The summed E-state index contributed by atoms with van der Waals surface area (Å²) in [6, 6.07) is 14.1. The van der Waals surface area contributed by atoms with E-state index in [9.17, 15) is 0 Å². The van der Waals surface area contributed by atoms with E-state index in [1.807, 2.05) is 30.3 Å². The molecule has 0 fully saturated rings. The minimum absolute atomic E-state index is 0.283. The summed E-state index contributed by atoms with van der Waals surface area (Å²) in [5, 5.41) is 4.52. The molecule has 5 nitrogen and oxygen atoms in total. The van der Waals surface area contributed by atoms with Gasteiger partial charge >= 0.3 is 0 Å². The largest absolute Gasteiger partial charge is 0.493 e. The second-order valence-corrected chi connectivity index (χ2v) is 6.47. The van der Waals surface area contributed by atoms with Gasteiger partial charge in [-0.3, -0.25) is 0 Å². The molecule has 1 N–H and O–H groups in total. The minimum Gasteiger partial charge on any atom is -0.493 e. The first-order chi connectivity index (χ1) is 12.6. The minimum atomic E-state index is 0.283. The molecule has 26 heavy (non-hydrogen) atoms. The fraction of sp³-hybridized carbons (Fsp3) is 0.333. The monoisotopic (exact) mass is 351 g/mol. The molecule has 0 saturated heterocycles. The highest BCUT2D eigenvalue weighted by Gasteiger charge is 2.10. The van der Waals surface area contributed by atoms with E-state index in [4.69, 9.17) is 14.5 Å². The smallest absolute Gasteiger partial charge is 0.160 e. The van der Waals surface area contributed by atoms with E-state index in [0.717, 1.165) is 47.0 Å². The summed E-state index contributed by atoms with van der Waals surface area (Å²) in [6.45, 7) is 4.99. The third-order valence-corrected chi connectivity index (χ3v) is 4.29. The standard InChI is InChI=1S/C21H25N3O2/c1-14(2)20-23-17-8-6-5-7-16(17)21(24-20)22-12-11-15-9-10-18(25-3)19(13-15)26-4/h5-10,13-14H,11-12H2,1-4H3,(H,22,23,24). The number of aromatic nitrogens is 2. The number of fused-ring (bicyclic) bond motifs is 1. The fourth-order valence-electron chi connectivity index (χ4n) is 2.85. The van der Waals surface area contributed by atoms with Gasteiger partial charge in [0, 0.05) is 17.8 Å². The first kappa shape index (κ1) is 18.0. The Morgan fingerprint density at radius 2 is 1.73 bits per heavy atom. The van der Waals surface area contributed by atoms with Gasteiger partial charge in [0.15, 0.2) is 11.5 Å². The Kier molecular flexibility index (Phi) is 5.56. The number of hydrogen-bond donors (Lipinski definition) is 1. The van der Waals surface area contributed by atoms with E-state index in [2.05, 4.69) is 36.3 Å². The zero-order chi connectivity index (χ0) is 18.5. The summed E-state index contributed by atoms with van der Waals surface area (Å²) in [6.07, 6.45) is 0.857. The zero-order valence-electron chi connectivity index (χ0n) is 15.7. The van der Waals surface area contributed by atoms with Crippen molar-refractivity contribution in [1.82, 2.24) is 9.97 Å². The van der Waals surface area contributed by atoms with Crippen LogP contribution in [0.5, 0.6) is 11.5 Å². The maximum absolute atomic E-state index is 5.38. The molecular formula is C21H25N3O2. The Morgan fingerprint density at radius 3 is 2.46 bits per heavy atom. The van der Waals surface area contributed by atoms with Crippen LogP contribution in [-0.4, -0.2) is 30.7 Å². The predicted molar refractivity (Wildman–Crippen MR) is 105 cm³/mol. The van der Waals surface area contributed by atoms with Gasteiger partial charge in [-0.25, -0.2) is 9.97 Å². The third-order valence-electron chi connectivity index (χ3n) is 4.29. The number of benzene rings is 2. The van der Waals surface area contributed by atoms with E-state index in [1.165, 1.54) is 5.56 Å². The van der Waals surface area contributed by atoms with Crippen LogP contribution in [-0.2, 0) is 6.42 Å². The first-order valence-corrected chi connectivity index (χ1v) is 8.84. The molecule has 3 aromatic rings. The van der Waals surface area contributed by atoms with E-state index in [-0.39, 0.29) is 5.92 Å². The van der Waals surface area contributed by atoms with Crippen LogP contribution in [0.15, 0.2) is 42.5 Å². The highest BCUT2D eigenvalue weighted by atomic mass is 16.5. The zero-order valence-corrected chi connectivity index (χ0v) is 15.7. The number of nitrogens with one attached hydrogen (secondary N) is 1. The van der Waals surface area contributed by atoms with Crippen molar-refractivity contribution in [3.8, 4) is 11.5 Å². The van der Waals surface area contributed by atoms with Crippen LogP contribution in [0.2, 0.25) is 0 Å². The summed E-state index contributed by atoms with van der Waals surface area (Å²) >= 11 is 0. The van der Waals surface area contributed by atoms with Crippen molar-refractivity contribution >= 4 is 16.7 Å². The van der Waals surface area contributed by atoms with Crippen molar-refractivity contribution < 1.29 is 9.47 Å². The quantitative estimate of drug-likeness (QED) is 0.683. The number of hydrogen-bond acceptors (Lipinski definition) is 5. The number of nitrogens with zero attached hydrogens (tertiary/aromatic N) is 2. The highest BCUT2D eigenvalue weighted by Crippen LogP contribution is 2.28. The molecule has 0 unspecified atom stereocenters. The van der Waals surface area contributed by atoms with Gasteiger partial charge in [0.2, 0.25) is 0 Å². The van der Waals surface area contributed by atoms with Gasteiger partial charge in [-0.1, -0.05) is 32.0 Å². The van der Waals surface area contributed by atoms with Gasteiger partial charge in [0.25, 0.3) is 0 Å². The highest BCUT2D eigenvalue weighted by molar-refractivity contribution is 5.89. The van der Waals surface area contributed by atoms with Crippen LogP contribution < -0.4 is 14.8 Å². The van der Waals surface area contributed by atoms with Gasteiger partial charge in [0.1, 0.15) is 11.6 Å². The molecule has 0 atom stereocenters. The molecule has 0 spiro atoms. The normalized spacial score (nSPS) is 11.0. The molecule has 0 radical (unpaired) electrons. The number of anilines is 1. The van der Waals surface area contributed by atoms with E-state index >= 15 is 0 Å². The summed E-state index contributed by atoms with van der Waals surface area (Å²) in [4.78, 5) is 9.39. The Hall–Kier alpha value is -2.82. The summed E-state index contributed by atoms with van der Waals surface area (Å²) in [7, 11) is 3.30. The van der Waals surface area contributed by atoms with E-state index in [1.54, 1.807) is 14.2 Å². The molecule has 0 aliphatic carbocycles. The number of methoxy groups -OCH3 is 2. The lowest BCUT2D eigenvalue weighted by molar-refractivity contribution is 0.354. The average molecular weight is 351 g/mol. The van der Waals surface area contributed by atoms with Crippen LogP contribution in [0.3, 0.4) is 0 Å². The molecule has 0 saturated carbocycles. The first-order valence-electron chi connectivity index (χ1n) is 8.84. The van der Waals surface area contributed by atoms with Crippen LogP contribution in [0.25, 0.3) is 10.9 Å². The fourth-order valence-corrected chi connectivity index (χ4v) is 2.85. The lowest BCUT2D eigenvalue weighted by atomic mass is 10.1. The maximum Gasteiger partial charge on any atom is 0.160 e. The third kappa shape index (κ3) is 3.87. The van der Waals surface area contributed by atoms with E-state index < -0.39 is 0 Å². The molecule has 0 aliphatic heterocycles. The SMILES string of the molecule is COc1ccc(CCNc2nc(C(C)C)nc3ccccc23)cc1OC. The van der Waals surface area contributed by atoms with Crippen LogP contribution in [0, 0.1) is 0 Å².